The lowest BCUT2D eigenvalue weighted by atomic mass is 9.69. The Bertz CT molecular complexity index is 1360. The molecule has 0 saturated carbocycles. The SMILES string of the molecule is CCN(CC)C(=O)c1ccc(Cc2ccccc2OCCN2CCC3(CC2)CNC(=O)c2cccc(OC)c23)cc1. The topological polar surface area (TPSA) is 71.1 Å². The van der Waals surface area contributed by atoms with Gasteiger partial charge in [0.2, 0.25) is 0 Å². The van der Waals surface area contributed by atoms with E-state index in [9.17, 15) is 9.59 Å². The van der Waals surface area contributed by atoms with E-state index in [1.165, 1.54) is 0 Å². The highest BCUT2D eigenvalue weighted by Gasteiger charge is 2.43. The molecule has 0 aromatic heterocycles. The number of carbonyl (C=O) groups is 2. The maximum absolute atomic E-state index is 12.6. The van der Waals surface area contributed by atoms with Crippen LogP contribution in [0.25, 0.3) is 0 Å². The number of para-hydroxylation sites is 1. The van der Waals surface area contributed by atoms with Crippen molar-refractivity contribution in [1.29, 1.82) is 0 Å². The highest BCUT2D eigenvalue weighted by molar-refractivity contribution is 5.98. The minimum atomic E-state index is -0.0919. The van der Waals surface area contributed by atoms with Crippen molar-refractivity contribution < 1.29 is 19.1 Å². The quantitative estimate of drug-likeness (QED) is 0.385. The second kappa shape index (κ2) is 12.8. The standard InChI is InChI=1S/C34H41N3O4/c1-4-37(5-2)33(39)26-15-13-25(14-16-26)23-27-9-6-7-11-29(27)41-22-21-36-19-17-34(18-20-36)24-35-32(38)28-10-8-12-30(40-3)31(28)34/h6-16H,4-5,17-24H2,1-3H3,(H,35,38). The summed E-state index contributed by atoms with van der Waals surface area (Å²) < 4.78 is 12.0. The van der Waals surface area contributed by atoms with Gasteiger partial charge in [0.25, 0.3) is 11.8 Å². The first kappa shape index (κ1) is 28.7. The van der Waals surface area contributed by atoms with Gasteiger partial charge in [-0.25, -0.2) is 0 Å². The predicted molar refractivity (Wildman–Crippen MR) is 161 cm³/mol. The lowest BCUT2D eigenvalue weighted by Gasteiger charge is -2.45. The summed E-state index contributed by atoms with van der Waals surface area (Å²) in [5.41, 5.74) is 4.73. The van der Waals surface area contributed by atoms with Gasteiger partial charge in [-0.1, -0.05) is 36.4 Å². The van der Waals surface area contributed by atoms with Crippen molar-refractivity contribution in [2.45, 2.75) is 38.5 Å². The van der Waals surface area contributed by atoms with Gasteiger partial charge >= 0.3 is 0 Å². The van der Waals surface area contributed by atoms with Crippen LogP contribution < -0.4 is 14.8 Å². The Morgan fingerprint density at radius 2 is 1.66 bits per heavy atom. The fourth-order valence-electron chi connectivity index (χ4n) is 6.26. The van der Waals surface area contributed by atoms with Gasteiger partial charge in [0.1, 0.15) is 18.1 Å². The third kappa shape index (κ3) is 6.10. The summed E-state index contributed by atoms with van der Waals surface area (Å²) >= 11 is 0. The van der Waals surface area contributed by atoms with Crippen molar-refractivity contribution in [2.24, 2.45) is 0 Å². The summed E-state index contributed by atoms with van der Waals surface area (Å²) in [6.07, 6.45) is 2.67. The number of hydrogen-bond acceptors (Lipinski definition) is 5. The summed E-state index contributed by atoms with van der Waals surface area (Å²) in [5, 5.41) is 3.12. The lowest BCUT2D eigenvalue weighted by molar-refractivity contribution is 0.0772. The number of nitrogens with zero attached hydrogens (tertiary/aromatic N) is 2. The average Bonchev–Trinajstić information content (AvgIpc) is 3.01. The molecule has 0 radical (unpaired) electrons. The third-order valence-electron chi connectivity index (χ3n) is 8.71. The molecule has 0 unspecified atom stereocenters. The molecule has 0 aliphatic carbocycles. The molecule has 0 atom stereocenters. The number of methoxy groups -OCH3 is 1. The number of fused-ring (bicyclic) bond motifs is 2. The number of rotatable bonds is 10. The maximum atomic E-state index is 12.6. The summed E-state index contributed by atoms with van der Waals surface area (Å²) in [4.78, 5) is 29.5. The number of piperidine rings is 1. The van der Waals surface area contributed by atoms with Gasteiger partial charge in [0.05, 0.1) is 7.11 Å². The van der Waals surface area contributed by atoms with Gasteiger partial charge in [0, 0.05) is 54.7 Å². The summed E-state index contributed by atoms with van der Waals surface area (Å²) in [7, 11) is 1.68. The summed E-state index contributed by atoms with van der Waals surface area (Å²) in [5.74, 6) is 1.78. The molecule has 3 aromatic rings. The molecule has 1 N–H and O–H groups in total. The monoisotopic (exact) mass is 555 g/mol. The first-order valence-corrected chi connectivity index (χ1v) is 14.7. The van der Waals surface area contributed by atoms with Crippen LogP contribution in [0.2, 0.25) is 0 Å². The first-order chi connectivity index (χ1) is 20.0. The van der Waals surface area contributed by atoms with Gasteiger partial charge in [0.15, 0.2) is 0 Å². The number of ether oxygens (including phenoxy) is 2. The van der Waals surface area contributed by atoms with Crippen LogP contribution in [0.1, 0.15) is 64.1 Å². The molecule has 2 aliphatic rings. The van der Waals surface area contributed by atoms with Crippen LogP contribution in [0.4, 0.5) is 0 Å². The molecule has 2 amide bonds. The minimum Gasteiger partial charge on any atom is -0.496 e. The van der Waals surface area contributed by atoms with Crippen LogP contribution >= 0.6 is 0 Å². The Hall–Kier alpha value is -3.84. The Morgan fingerprint density at radius 1 is 0.951 bits per heavy atom. The largest absolute Gasteiger partial charge is 0.496 e. The molecule has 216 valence electrons. The predicted octanol–water partition coefficient (Wildman–Crippen LogP) is 4.92. The van der Waals surface area contributed by atoms with Crippen LogP contribution in [0.15, 0.2) is 66.7 Å². The van der Waals surface area contributed by atoms with E-state index in [1.807, 2.05) is 79.4 Å². The number of benzene rings is 3. The van der Waals surface area contributed by atoms with Gasteiger partial charge in [-0.15, -0.1) is 0 Å². The van der Waals surface area contributed by atoms with E-state index in [2.05, 4.69) is 16.3 Å². The second-order valence-corrected chi connectivity index (χ2v) is 11.0. The van der Waals surface area contributed by atoms with Crippen LogP contribution in [-0.2, 0) is 11.8 Å². The average molecular weight is 556 g/mol. The van der Waals surface area contributed by atoms with E-state index in [1.54, 1.807) is 7.11 Å². The minimum absolute atomic E-state index is 0.0110. The zero-order valence-corrected chi connectivity index (χ0v) is 24.4. The molecule has 7 nitrogen and oxygen atoms in total. The molecule has 7 heteroatoms. The maximum Gasteiger partial charge on any atom is 0.253 e. The zero-order chi connectivity index (χ0) is 28.8. The Labute approximate surface area is 243 Å². The normalized spacial score (nSPS) is 16.1. The van der Waals surface area contributed by atoms with Gasteiger partial charge in [-0.3, -0.25) is 14.5 Å². The smallest absolute Gasteiger partial charge is 0.253 e. The Balaban J connectivity index is 1.17. The third-order valence-corrected chi connectivity index (χ3v) is 8.71. The van der Waals surface area contributed by atoms with Crippen molar-refractivity contribution >= 4 is 11.8 Å². The highest BCUT2D eigenvalue weighted by atomic mass is 16.5. The van der Waals surface area contributed by atoms with Crippen LogP contribution in [0.3, 0.4) is 0 Å². The fraction of sp³-hybridized carbons (Fsp3) is 0.412. The van der Waals surface area contributed by atoms with E-state index in [-0.39, 0.29) is 17.2 Å². The Kier molecular flexibility index (Phi) is 8.93. The van der Waals surface area contributed by atoms with Crippen LogP contribution in [0, 0.1) is 0 Å². The van der Waals surface area contributed by atoms with Crippen LogP contribution in [0.5, 0.6) is 11.5 Å². The number of likely N-dealkylation sites (tertiary alicyclic amines) is 1. The zero-order valence-electron chi connectivity index (χ0n) is 24.4. The number of amides is 2. The fourth-order valence-corrected chi connectivity index (χ4v) is 6.26. The highest BCUT2D eigenvalue weighted by Crippen LogP contribution is 2.43. The summed E-state index contributed by atoms with van der Waals surface area (Å²) in [6.45, 7) is 9.41. The van der Waals surface area contributed by atoms with E-state index >= 15 is 0 Å². The van der Waals surface area contributed by atoms with E-state index < -0.39 is 0 Å². The Morgan fingerprint density at radius 3 is 2.37 bits per heavy atom. The molecule has 1 fully saturated rings. The molecule has 2 aliphatic heterocycles. The molecule has 41 heavy (non-hydrogen) atoms. The van der Waals surface area contributed by atoms with E-state index in [0.29, 0.717) is 26.2 Å². The first-order valence-electron chi connectivity index (χ1n) is 14.7. The molecule has 1 spiro atoms. The van der Waals surface area contributed by atoms with Gasteiger partial charge in [-0.2, -0.15) is 0 Å². The number of nitrogens with one attached hydrogen (secondary N) is 1. The molecule has 1 saturated heterocycles. The van der Waals surface area contributed by atoms with Gasteiger partial charge < -0.3 is 19.7 Å². The molecule has 5 rings (SSSR count). The van der Waals surface area contributed by atoms with Crippen molar-refractivity contribution in [1.82, 2.24) is 15.1 Å². The molecule has 2 heterocycles. The van der Waals surface area contributed by atoms with Crippen molar-refractivity contribution in [3.63, 3.8) is 0 Å². The number of hydrogen-bond donors (Lipinski definition) is 1. The summed E-state index contributed by atoms with van der Waals surface area (Å²) in [6, 6.07) is 21.9. The molecular weight excluding hydrogens is 514 g/mol. The van der Waals surface area contributed by atoms with Crippen molar-refractivity contribution in [3.05, 3.63) is 94.5 Å². The molecular formula is C34H41N3O4. The van der Waals surface area contributed by atoms with E-state index in [4.69, 9.17) is 9.47 Å². The molecule has 3 aromatic carbocycles. The van der Waals surface area contributed by atoms with Crippen molar-refractivity contribution in [2.75, 3.05) is 53.0 Å². The van der Waals surface area contributed by atoms with E-state index in [0.717, 1.165) is 78.2 Å². The second-order valence-electron chi connectivity index (χ2n) is 11.0. The number of carbonyl (C=O) groups excluding carboxylic acids is 2. The van der Waals surface area contributed by atoms with Crippen molar-refractivity contribution in [3.8, 4) is 11.5 Å². The van der Waals surface area contributed by atoms with Crippen LogP contribution in [-0.4, -0.2) is 74.6 Å². The lowest BCUT2D eigenvalue weighted by Crippen LogP contribution is -2.53. The molecule has 0 bridgehead atoms. The van der Waals surface area contributed by atoms with Gasteiger partial charge in [-0.05, 0) is 81.2 Å².